The summed E-state index contributed by atoms with van der Waals surface area (Å²) in [6.45, 7) is 0. The Balaban J connectivity index is 2.77. The van der Waals surface area contributed by atoms with E-state index in [0.29, 0.717) is 15.6 Å². The summed E-state index contributed by atoms with van der Waals surface area (Å²) in [5, 5.41) is 20.3. The van der Waals surface area contributed by atoms with E-state index in [1.54, 1.807) is 25.2 Å². The number of hydrogen-bond acceptors (Lipinski definition) is 2. The van der Waals surface area contributed by atoms with Crippen molar-refractivity contribution >= 4 is 23.2 Å². The normalized spacial score (nSPS) is 10.7. The molecular formula is C11H9Cl2NO2. The van der Waals surface area contributed by atoms with Crippen LogP contribution in [0.15, 0.2) is 24.4 Å². The van der Waals surface area contributed by atoms with Crippen LogP contribution in [0, 0.1) is 0 Å². The summed E-state index contributed by atoms with van der Waals surface area (Å²) < 4.78 is 1.39. The molecule has 0 amide bonds. The molecule has 0 aliphatic carbocycles. The molecule has 5 heteroatoms. The van der Waals surface area contributed by atoms with Crippen LogP contribution >= 0.6 is 23.2 Å². The number of hydrogen-bond donors (Lipinski definition) is 2. The maximum absolute atomic E-state index is 9.81. The summed E-state index contributed by atoms with van der Waals surface area (Å²) in [4.78, 5) is 0. The van der Waals surface area contributed by atoms with Crippen LogP contribution in [0.3, 0.4) is 0 Å². The van der Waals surface area contributed by atoms with Crippen LogP contribution in [-0.2, 0) is 7.05 Å². The average Bonchev–Trinajstić information content (AvgIpc) is 2.44. The molecule has 0 aliphatic rings. The molecule has 2 N–H and O–H groups in total. The predicted octanol–water partition coefficient (Wildman–Crippen LogP) is 3.41. The summed E-state index contributed by atoms with van der Waals surface area (Å²) in [7, 11) is 1.61. The van der Waals surface area contributed by atoms with Crippen LogP contribution in [0.4, 0.5) is 0 Å². The van der Waals surface area contributed by atoms with Gasteiger partial charge in [0, 0.05) is 18.8 Å². The Morgan fingerprint density at radius 1 is 1.06 bits per heavy atom. The van der Waals surface area contributed by atoms with E-state index >= 15 is 0 Å². The number of nitrogens with zero attached hydrogens (tertiary/aromatic N) is 1. The number of aromatic hydroxyl groups is 2. The van der Waals surface area contributed by atoms with Crippen molar-refractivity contribution in [3.8, 4) is 22.8 Å². The number of benzene rings is 1. The Labute approximate surface area is 102 Å². The molecule has 0 fully saturated rings. The van der Waals surface area contributed by atoms with Crippen LogP contribution in [0.1, 0.15) is 0 Å². The van der Waals surface area contributed by atoms with Gasteiger partial charge in [-0.05, 0) is 12.1 Å². The van der Waals surface area contributed by atoms with Gasteiger partial charge in [-0.15, -0.1) is 0 Å². The first-order chi connectivity index (χ1) is 7.52. The predicted molar refractivity (Wildman–Crippen MR) is 64.2 cm³/mol. The molecule has 1 heterocycles. The Hall–Kier alpha value is -1.32. The third-order valence-electron chi connectivity index (χ3n) is 2.34. The summed E-state index contributed by atoms with van der Waals surface area (Å²) >= 11 is 12.0. The van der Waals surface area contributed by atoms with E-state index in [1.807, 2.05) is 0 Å². The molecule has 2 aromatic rings. The monoisotopic (exact) mass is 257 g/mol. The van der Waals surface area contributed by atoms with Gasteiger partial charge in [-0.25, -0.2) is 0 Å². The summed E-state index contributed by atoms with van der Waals surface area (Å²) in [6.07, 6.45) is 1.39. The first kappa shape index (κ1) is 11.2. The highest BCUT2D eigenvalue weighted by atomic mass is 35.5. The maximum Gasteiger partial charge on any atom is 0.202 e. The minimum atomic E-state index is -0.0764. The topological polar surface area (TPSA) is 45.4 Å². The van der Waals surface area contributed by atoms with Crippen molar-refractivity contribution in [1.82, 2.24) is 4.57 Å². The van der Waals surface area contributed by atoms with Crippen molar-refractivity contribution in [2.45, 2.75) is 0 Å². The Kier molecular flexibility index (Phi) is 2.74. The molecule has 0 saturated heterocycles. The molecule has 0 aliphatic heterocycles. The Morgan fingerprint density at radius 3 is 2.06 bits per heavy atom. The first-order valence-electron chi connectivity index (χ1n) is 4.54. The molecule has 0 spiro atoms. The van der Waals surface area contributed by atoms with E-state index < -0.39 is 0 Å². The van der Waals surface area contributed by atoms with E-state index in [0.717, 1.165) is 0 Å². The standard InChI is InChI=1S/C11H9Cl2NO2/c1-14-5-8(15)10(11(14)16)9-6(12)3-2-4-7(9)13/h2-5,15-16H,1H3. The zero-order chi connectivity index (χ0) is 11.9. The van der Waals surface area contributed by atoms with Gasteiger partial charge in [0.1, 0.15) is 5.75 Å². The highest BCUT2D eigenvalue weighted by molar-refractivity contribution is 6.39. The second-order valence-corrected chi connectivity index (χ2v) is 4.23. The van der Waals surface area contributed by atoms with Crippen LogP contribution in [0.2, 0.25) is 10.0 Å². The lowest BCUT2D eigenvalue weighted by molar-refractivity contribution is 0.434. The minimum Gasteiger partial charge on any atom is -0.506 e. The Bertz CT molecular complexity index is 529. The van der Waals surface area contributed by atoms with Crippen LogP contribution < -0.4 is 0 Å². The number of aryl methyl sites for hydroxylation is 1. The van der Waals surface area contributed by atoms with Crippen molar-refractivity contribution in [2.24, 2.45) is 7.05 Å². The number of rotatable bonds is 1. The lowest BCUT2D eigenvalue weighted by Crippen LogP contribution is -1.84. The summed E-state index contributed by atoms with van der Waals surface area (Å²) in [6, 6.07) is 4.99. The van der Waals surface area contributed by atoms with E-state index in [-0.39, 0.29) is 17.2 Å². The molecule has 2 rings (SSSR count). The van der Waals surface area contributed by atoms with Gasteiger partial charge in [0.25, 0.3) is 0 Å². The minimum absolute atomic E-state index is 0.0602. The number of aromatic nitrogens is 1. The molecule has 0 radical (unpaired) electrons. The van der Waals surface area contributed by atoms with Crippen molar-refractivity contribution in [3.63, 3.8) is 0 Å². The molecule has 3 nitrogen and oxygen atoms in total. The van der Waals surface area contributed by atoms with Crippen molar-refractivity contribution in [1.29, 1.82) is 0 Å². The fraction of sp³-hybridized carbons (Fsp3) is 0.0909. The fourth-order valence-electron chi connectivity index (χ4n) is 1.58. The first-order valence-corrected chi connectivity index (χ1v) is 5.29. The second-order valence-electron chi connectivity index (χ2n) is 3.42. The molecular weight excluding hydrogens is 249 g/mol. The molecule has 1 aromatic carbocycles. The van der Waals surface area contributed by atoms with Gasteiger partial charge in [0.2, 0.25) is 5.88 Å². The lowest BCUT2D eigenvalue weighted by Gasteiger charge is -2.06. The van der Waals surface area contributed by atoms with E-state index in [2.05, 4.69) is 0 Å². The maximum atomic E-state index is 9.81. The molecule has 0 atom stereocenters. The quantitative estimate of drug-likeness (QED) is 0.823. The van der Waals surface area contributed by atoms with Crippen LogP contribution in [-0.4, -0.2) is 14.8 Å². The molecule has 0 saturated carbocycles. The smallest absolute Gasteiger partial charge is 0.202 e. The largest absolute Gasteiger partial charge is 0.506 e. The van der Waals surface area contributed by atoms with Gasteiger partial charge < -0.3 is 14.8 Å². The fourth-order valence-corrected chi connectivity index (χ4v) is 2.16. The Morgan fingerprint density at radius 2 is 1.62 bits per heavy atom. The zero-order valence-corrected chi connectivity index (χ0v) is 9.92. The lowest BCUT2D eigenvalue weighted by atomic mass is 10.1. The van der Waals surface area contributed by atoms with Crippen LogP contribution in [0.5, 0.6) is 11.6 Å². The molecule has 0 unspecified atom stereocenters. The molecule has 1 aromatic heterocycles. The summed E-state index contributed by atoms with van der Waals surface area (Å²) in [5.41, 5.74) is 0.680. The van der Waals surface area contributed by atoms with Gasteiger partial charge in [-0.1, -0.05) is 29.3 Å². The van der Waals surface area contributed by atoms with Gasteiger partial charge in [0.15, 0.2) is 0 Å². The van der Waals surface area contributed by atoms with Gasteiger partial charge >= 0.3 is 0 Å². The summed E-state index contributed by atoms with van der Waals surface area (Å²) in [5.74, 6) is -0.137. The third-order valence-corrected chi connectivity index (χ3v) is 2.97. The van der Waals surface area contributed by atoms with Crippen molar-refractivity contribution < 1.29 is 10.2 Å². The molecule has 84 valence electrons. The third kappa shape index (κ3) is 1.62. The van der Waals surface area contributed by atoms with Gasteiger partial charge in [0.05, 0.1) is 15.6 Å². The SMILES string of the molecule is Cn1cc(O)c(-c2c(Cl)cccc2Cl)c1O. The van der Waals surface area contributed by atoms with Crippen molar-refractivity contribution in [3.05, 3.63) is 34.4 Å². The highest BCUT2D eigenvalue weighted by Crippen LogP contribution is 2.44. The molecule has 0 bridgehead atoms. The highest BCUT2D eigenvalue weighted by Gasteiger charge is 2.19. The van der Waals surface area contributed by atoms with Crippen molar-refractivity contribution in [2.75, 3.05) is 0 Å². The molecule has 16 heavy (non-hydrogen) atoms. The van der Waals surface area contributed by atoms with Gasteiger partial charge in [-0.3, -0.25) is 0 Å². The number of halogens is 2. The average molecular weight is 258 g/mol. The van der Waals surface area contributed by atoms with Crippen LogP contribution in [0.25, 0.3) is 11.1 Å². The van der Waals surface area contributed by atoms with E-state index in [9.17, 15) is 10.2 Å². The van der Waals surface area contributed by atoms with Gasteiger partial charge in [-0.2, -0.15) is 0 Å². The van der Waals surface area contributed by atoms with E-state index in [4.69, 9.17) is 23.2 Å². The van der Waals surface area contributed by atoms with E-state index in [1.165, 1.54) is 10.8 Å². The zero-order valence-electron chi connectivity index (χ0n) is 8.41. The second kappa shape index (κ2) is 3.92.